The van der Waals surface area contributed by atoms with Crippen LogP contribution in [0.5, 0.6) is 5.75 Å². The Kier molecular flexibility index (Phi) is 11.6. The van der Waals surface area contributed by atoms with E-state index in [1.807, 2.05) is 65.6 Å². The third-order valence-electron chi connectivity index (χ3n) is 7.79. The van der Waals surface area contributed by atoms with Crippen LogP contribution in [-0.4, -0.2) is 73.8 Å². The zero-order valence-electron chi connectivity index (χ0n) is 25.3. The van der Waals surface area contributed by atoms with Crippen LogP contribution in [0.4, 0.5) is 5.69 Å². The standard InChI is InChI=1S/C34H41ClN4O5/c1-42-16-5-9-27-19-26(31(35)20-37-27)23-38(28-10-11-28)34(41)32-21-36-22-33(40)39(32)29-12-14-30(15-13-29)44-18-6-17-43-24-25-7-3-2-4-8-25/h2-4,7-8,12-15,19-20,28,32,36H,5-6,9-11,16-18,21-24H2,1H3/t32-/m1/s1. The summed E-state index contributed by atoms with van der Waals surface area (Å²) >= 11 is 6.55. The molecule has 1 aliphatic carbocycles. The number of aromatic nitrogens is 1. The van der Waals surface area contributed by atoms with Crippen LogP contribution in [0.15, 0.2) is 66.9 Å². The first kappa shape index (κ1) is 31.9. The number of hydrogen-bond donors (Lipinski definition) is 1. The molecule has 2 amide bonds. The van der Waals surface area contributed by atoms with Gasteiger partial charge in [-0.1, -0.05) is 41.9 Å². The van der Waals surface area contributed by atoms with Gasteiger partial charge in [0.15, 0.2) is 0 Å². The molecule has 1 N–H and O–H groups in total. The summed E-state index contributed by atoms with van der Waals surface area (Å²) in [5.74, 6) is 0.477. The second-order valence-electron chi connectivity index (χ2n) is 11.2. The second kappa shape index (κ2) is 16.0. The molecule has 1 atom stereocenters. The van der Waals surface area contributed by atoms with Crippen LogP contribution in [0.3, 0.4) is 0 Å². The monoisotopic (exact) mass is 620 g/mol. The van der Waals surface area contributed by atoms with Crippen molar-refractivity contribution in [2.24, 2.45) is 0 Å². The number of nitrogens with one attached hydrogen (secondary N) is 1. The number of methoxy groups -OCH3 is 1. The molecule has 5 rings (SSSR count). The SMILES string of the molecule is COCCCc1cc(CN(C(=O)[C@H]2CNCC(=O)N2c2ccc(OCCCOCc3ccccc3)cc2)C2CC2)c(Cl)cn1. The molecule has 10 heteroatoms. The summed E-state index contributed by atoms with van der Waals surface area (Å²) in [4.78, 5) is 35.2. The van der Waals surface area contributed by atoms with Gasteiger partial charge in [0.2, 0.25) is 11.8 Å². The number of anilines is 1. The molecule has 3 aromatic rings. The van der Waals surface area contributed by atoms with Crippen LogP contribution in [-0.2, 0) is 38.6 Å². The van der Waals surface area contributed by atoms with Gasteiger partial charge in [0.25, 0.3) is 0 Å². The van der Waals surface area contributed by atoms with E-state index in [-0.39, 0.29) is 24.4 Å². The number of carbonyl (C=O) groups is 2. The highest BCUT2D eigenvalue weighted by Crippen LogP contribution is 2.32. The van der Waals surface area contributed by atoms with Gasteiger partial charge < -0.3 is 24.4 Å². The highest BCUT2D eigenvalue weighted by Gasteiger charge is 2.41. The molecule has 1 aliphatic heterocycles. The molecule has 0 unspecified atom stereocenters. The van der Waals surface area contributed by atoms with E-state index in [9.17, 15) is 9.59 Å². The van der Waals surface area contributed by atoms with E-state index in [1.54, 1.807) is 18.2 Å². The fourth-order valence-corrected chi connectivity index (χ4v) is 5.50. The Morgan fingerprint density at radius 1 is 1.07 bits per heavy atom. The van der Waals surface area contributed by atoms with E-state index in [2.05, 4.69) is 10.3 Å². The minimum absolute atomic E-state index is 0.0855. The van der Waals surface area contributed by atoms with Crippen molar-refractivity contribution in [1.82, 2.24) is 15.2 Å². The summed E-state index contributed by atoms with van der Waals surface area (Å²) in [5.41, 5.74) is 3.60. The number of piperazine rings is 1. The molecule has 234 valence electrons. The van der Waals surface area contributed by atoms with Gasteiger partial charge in [-0.3, -0.25) is 19.5 Å². The van der Waals surface area contributed by atoms with Crippen LogP contribution in [0.25, 0.3) is 0 Å². The number of carbonyl (C=O) groups excluding carboxylic acids is 2. The van der Waals surface area contributed by atoms with Gasteiger partial charge in [0.1, 0.15) is 11.8 Å². The van der Waals surface area contributed by atoms with Gasteiger partial charge in [0.05, 0.1) is 31.4 Å². The van der Waals surface area contributed by atoms with Gasteiger partial charge in [-0.25, -0.2) is 0 Å². The Balaban J connectivity index is 1.19. The van der Waals surface area contributed by atoms with E-state index in [0.29, 0.717) is 56.0 Å². The van der Waals surface area contributed by atoms with Gasteiger partial charge in [0, 0.05) is 56.8 Å². The molecule has 0 radical (unpaired) electrons. The second-order valence-corrected chi connectivity index (χ2v) is 11.6. The fraction of sp³-hybridized carbons (Fsp3) is 0.441. The predicted molar refractivity (Wildman–Crippen MR) is 170 cm³/mol. The van der Waals surface area contributed by atoms with Gasteiger partial charge in [-0.2, -0.15) is 0 Å². The number of halogens is 1. The zero-order chi connectivity index (χ0) is 30.7. The molecule has 2 aliphatic rings. The van der Waals surface area contributed by atoms with Crippen LogP contribution in [0, 0.1) is 0 Å². The van der Waals surface area contributed by atoms with E-state index in [1.165, 1.54) is 0 Å². The van der Waals surface area contributed by atoms with Crippen molar-refractivity contribution < 1.29 is 23.8 Å². The Bertz CT molecular complexity index is 1370. The summed E-state index contributed by atoms with van der Waals surface area (Å²) in [5, 5.41) is 3.67. The van der Waals surface area contributed by atoms with Gasteiger partial charge in [-0.15, -0.1) is 0 Å². The van der Waals surface area contributed by atoms with E-state index in [0.717, 1.165) is 48.9 Å². The molecule has 9 nitrogen and oxygen atoms in total. The number of ether oxygens (including phenoxy) is 3. The maximum atomic E-state index is 14.1. The maximum Gasteiger partial charge on any atom is 0.247 e. The molecular weight excluding hydrogens is 580 g/mol. The molecule has 2 fully saturated rings. The van der Waals surface area contributed by atoms with Crippen molar-refractivity contribution in [2.45, 2.75) is 57.3 Å². The molecule has 44 heavy (non-hydrogen) atoms. The first-order valence-electron chi connectivity index (χ1n) is 15.3. The number of pyridine rings is 1. The van der Waals surface area contributed by atoms with E-state index in [4.69, 9.17) is 25.8 Å². The molecule has 2 aromatic carbocycles. The number of amides is 2. The summed E-state index contributed by atoms with van der Waals surface area (Å²) in [6.45, 7) is 3.28. The summed E-state index contributed by atoms with van der Waals surface area (Å²) < 4.78 is 16.8. The quantitative estimate of drug-likeness (QED) is 0.230. The Hall–Kier alpha value is -3.50. The zero-order valence-corrected chi connectivity index (χ0v) is 26.0. The minimum atomic E-state index is -0.660. The van der Waals surface area contributed by atoms with Crippen LogP contribution < -0.4 is 15.0 Å². The number of rotatable bonds is 16. The highest BCUT2D eigenvalue weighted by atomic mass is 35.5. The lowest BCUT2D eigenvalue weighted by Crippen LogP contribution is -2.61. The fourth-order valence-electron chi connectivity index (χ4n) is 5.34. The van der Waals surface area contributed by atoms with Gasteiger partial charge >= 0.3 is 0 Å². The highest BCUT2D eigenvalue weighted by molar-refractivity contribution is 6.31. The molecule has 0 bridgehead atoms. The van der Waals surface area contributed by atoms with Crippen molar-refractivity contribution in [3.8, 4) is 5.75 Å². The maximum absolute atomic E-state index is 14.1. The molecule has 0 spiro atoms. The van der Waals surface area contributed by atoms with Crippen molar-refractivity contribution in [1.29, 1.82) is 0 Å². The van der Waals surface area contributed by atoms with Crippen molar-refractivity contribution in [2.75, 3.05) is 44.9 Å². The van der Waals surface area contributed by atoms with Crippen molar-refractivity contribution in [3.05, 3.63) is 88.7 Å². The normalized spacial score (nSPS) is 16.6. The minimum Gasteiger partial charge on any atom is -0.494 e. The number of aryl methyl sites for hydroxylation is 1. The summed E-state index contributed by atoms with van der Waals surface area (Å²) in [6, 6.07) is 18.9. The average molecular weight is 621 g/mol. The smallest absolute Gasteiger partial charge is 0.247 e. The van der Waals surface area contributed by atoms with Crippen molar-refractivity contribution in [3.63, 3.8) is 0 Å². The van der Waals surface area contributed by atoms with E-state index < -0.39 is 6.04 Å². The van der Waals surface area contributed by atoms with Gasteiger partial charge in [-0.05, 0) is 67.1 Å². The molecule has 2 heterocycles. The topological polar surface area (TPSA) is 93.2 Å². The molecular formula is C34H41ClN4O5. The van der Waals surface area contributed by atoms with E-state index >= 15 is 0 Å². The molecule has 1 aromatic heterocycles. The molecule has 1 saturated carbocycles. The molecule has 1 saturated heterocycles. The Morgan fingerprint density at radius 2 is 1.86 bits per heavy atom. The largest absolute Gasteiger partial charge is 0.494 e. The lowest BCUT2D eigenvalue weighted by molar-refractivity contribution is -0.136. The summed E-state index contributed by atoms with van der Waals surface area (Å²) in [6.07, 6.45) is 5.92. The van der Waals surface area contributed by atoms with Crippen LogP contribution in [0.2, 0.25) is 5.02 Å². The third-order valence-corrected chi connectivity index (χ3v) is 8.13. The van der Waals surface area contributed by atoms with Crippen LogP contribution in [0.1, 0.15) is 42.5 Å². The van der Waals surface area contributed by atoms with Crippen molar-refractivity contribution >= 4 is 29.1 Å². The Morgan fingerprint density at radius 3 is 2.61 bits per heavy atom. The van der Waals surface area contributed by atoms with Crippen LogP contribution >= 0.6 is 11.6 Å². The summed E-state index contributed by atoms with van der Waals surface area (Å²) in [7, 11) is 1.68. The number of nitrogens with zero attached hydrogens (tertiary/aromatic N) is 3. The number of hydrogen-bond acceptors (Lipinski definition) is 7. The predicted octanol–water partition coefficient (Wildman–Crippen LogP) is 4.80. The first-order chi connectivity index (χ1) is 21.5. The number of benzene rings is 2. The first-order valence-corrected chi connectivity index (χ1v) is 15.7. The lowest BCUT2D eigenvalue weighted by Gasteiger charge is -2.38. The Labute approximate surface area is 264 Å². The lowest BCUT2D eigenvalue weighted by atomic mass is 10.1. The third kappa shape index (κ3) is 8.79. The average Bonchev–Trinajstić information content (AvgIpc) is 3.89.